The van der Waals surface area contributed by atoms with Crippen LogP contribution in [0.2, 0.25) is 0 Å². The van der Waals surface area contributed by atoms with Crippen molar-refractivity contribution in [2.75, 3.05) is 32.7 Å². The highest BCUT2D eigenvalue weighted by Crippen LogP contribution is 2.68. The number of hydrogen-bond acceptors (Lipinski definition) is 3. The van der Waals surface area contributed by atoms with Gasteiger partial charge < -0.3 is 10.0 Å². The molecule has 1 aliphatic heterocycles. The molecule has 2 fully saturated rings. The van der Waals surface area contributed by atoms with Gasteiger partial charge in [0.05, 0.1) is 5.60 Å². The average molecular weight is 282 g/mol. The fourth-order valence-corrected chi connectivity index (χ4v) is 3.67. The van der Waals surface area contributed by atoms with E-state index in [1.54, 1.807) is 0 Å². The minimum atomic E-state index is -0.660. The highest BCUT2D eigenvalue weighted by Gasteiger charge is 2.68. The summed E-state index contributed by atoms with van der Waals surface area (Å²) in [5.41, 5.74) is -0.421. The van der Waals surface area contributed by atoms with Gasteiger partial charge in [0.2, 0.25) is 5.91 Å². The third-order valence-electron chi connectivity index (χ3n) is 5.56. The molecule has 4 nitrogen and oxygen atoms in total. The molecule has 0 aromatic heterocycles. The minimum absolute atomic E-state index is 0.119. The summed E-state index contributed by atoms with van der Waals surface area (Å²) in [7, 11) is 0. The lowest BCUT2D eigenvalue weighted by molar-refractivity contribution is -0.135. The lowest BCUT2D eigenvalue weighted by Gasteiger charge is -2.37. The molecular weight excluding hydrogens is 252 g/mol. The van der Waals surface area contributed by atoms with E-state index in [-0.39, 0.29) is 16.7 Å². The largest absolute Gasteiger partial charge is 0.389 e. The number of aliphatic hydroxyl groups is 1. The third-order valence-corrected chi connectivity index (χ3v) is 5.56. The first-order chi connectivity index (χ1) is 8.97. The zero-order valence-corrected chi connectivity index (χ0v) is 13.9. The highest BCUT2D eigenvalue weighted by atomic mass is 16.3. The molecule has 2 rings (SSSR count). The molecule has 0 atom stereocenters. The van der Waals surface area contributed by atoms with Crippen molar-refractivity contribution in [3.05, 3.63) is 0 Å². The number of carbonyl (C=O) groups is 1. The normalized spacial score (nSPS) is 26.6. The molecule has 0 unspecified atom stereocenters. The Bertz CT molecular complexity index is 374. The maximum absolute atomic E-state index is 12.6. The van der Waals surface area contributed by atoms with Crippen LogP contribution < -0.4 is 0 Å². The Morgan fingerprint density at radius 2 is 1.55 bits per heavy atom. The van der Waals surface area contributed by atoms with Gasteiger partial charge in [0.25, 0.3) is 0 Å². The van der Waals surface area contributed by atoms with Gasteiger partial charge in [0.15, 0.2) is 0 Å². The van der Waals surface area contributed by atoms with Crippen LogP contribution in [0.5, 0.6) is 0 Å². The molecule has 1 amide bonds. The van der Waals surface area contributed by atoms with Crippen molar-refractivity contribution < 1.29 is 9.90 Å². The number of hydrogen-bond donors (Lipinski definition) is 1. The lowest BCUT2D eigenvalue weighted by Crippen LogP contribution is -2.52. The van der Waals surface area contributed by atoms with Crippen molar-refractivity contribution in [1.82, 2.24) is 9.80 Å². The number of amides is 1. The molecule has 1 N–H and O–H groups in total. The first kappa shape index (κ1) is 15.8. The molecule has 116 valence electrons. The average Bonchev–Trinajstić information content (AvgIpc) is 2.67. The van der Waals surface area contributed by atoms with E-state index >= 15 is 0 Å². The Labute approximate surface area is 123 Å². The van der Waals surface area contributed by atoms with E-state index in [0.717, 1.165) is 26.2 Å². The number of β-amino-alcohol motifs (C(OH)–C–C–N with tert-alkyl or cyclic N) is 1. The van der Waals surface area contributed by atoms with Crippen molar-refractivity contribution in [2.24, 2.45) is 16.7 Å². The fraction of sp³-hybridized carbons (Fsp3) is 0.938. The van der Waals surface area contributed by atoms with Crippen LogP contribution in [0.15, 0.2) is 0 Å². The van der Waals surface area contributed by atoms with E-state index < -0.39 is 5.60 Å². The molecule has 1 saturated heterocycles. The molecular formula is C16H30N2O2. The van der Waals surface area contributed by atoms with Crippen molar-refractivity contribution >= 4 is 5.91 Å². The van der Waals surface area contributed by atoms with Gasteiger partial charge in [-0.25, -0.2) is 0 Å². The molecule has 0 aromatic carbocycles. The van der Waals surface area contributed by atoms with Gasteiger partial charge in [-0.2, -0.15) is 0 Å². The maximum atomic E-state index is 12.6. The van der Waals surface area contributed by atoms with Crippen molar-refractivity contribution in [3.8, 4) is 0 Å². The van der Waals surface area contributed by atoms with E-state index in [1.165, 1.54) is 0 Å². The van der Waals surface area contributed by atoms with Crippen molar-refractivity contribution in [2.45, 2.75) is 47.1 Å². The van der Waals surface area contributed by atoms with Gasteiger partial charge >= 0.3 is 0 Å². The monoisotopic (exact) mass is 282 g/mol. The Morgan fingerprint density at radius 3 is 1.90 bits per heavy atom. The molecule has 20 heavy (non-hydrogen) atoms. The SMILES string of the molecule is CC(C)(O)CN1CCN(C(=O)C2C(C)(C)C2(C)C)CC1. The topological polar surface area (TPSA) is 43.8 Å². The summed E-state index contributed by atoms with van der Waals surface area (Å²) >= 11 is 0. The van der Waals surface area contributed by atoms with Gasteiger partial charge in [-0.15, -0.1) is 0 Å². The van der Waals surface area contributed by atoms with Crippen molar-refractivity contribution in [1.29, 1.82) is 0 Å². The van der Waals surface area contributed by atoms with Crippen LogP contribution in [0.25, 0.3) is 0 Å². The molecule has 0 aromatic rings. The molecule has 0 spiro atoms. The third kappa shape index (κ3) is 2.73. The zero-order chi connectivity index (χ0) is 15.3. The van der Waals surface area contributed by atoms with Crippen LogP contribution in [-0.2, 0) is 4.79 Å². The number of piperazine rings is 1. The smallest absolute Gasteiger partial charge is 0.226 e. The molecule has 1 aliphatic carbocycles. The van der Waals surface area contributed by atoms with Gasteiger partial charge in [0.1, 0.15) is 0 Å². The summed E-state index contributed by atoms with van der Waals surface area (Å²) in [5, 5.41) is 9.86. The zero-order valence-electron chi connectivity index (χ0n) is 13.9. The number of rotatable bonds is 3. The predicted octanol–water partition coefficient (Wildman–Crippen LogP) is 1.58. The minimum Gasteiger partial charge on any atom is -0.389 e. The Hall–Kier alpha value is -0.610. The van der Waals surface area contributed by atoms with Crippen LogP contribution in [0, 0.1) is 16.7 Å². The van der Waals surface area contributed by atoms with E-state index in [4.69, 9.17) is 0 Å². The quantitative estimate of drug-likeness (QED) is 0.855. The summed E-state index contributed by atoms with van der Waals surface area (Å²) in [6.07, 6.45) is 0. The van der Waals surface area contributed by atoms with Gasteiger partial charge in [-0.1, -0.05) is 27.7 Å². The number of nitrogens with zero attached hydrogens (tertiary/aromatic N) is 2. The van der Waals surface area contributed by atoms with Crippen molar-refractivity contribution in [3.63, 3.8) is 0 Å². The first-order valence-electron chi connectivity index (χ1n) is 7.70. The Kier molecular flexibility index (Phi) is 3.71. The van der Waals surface area contributed by atoms with Crippen LogP contribution in [-0.4, -0.2) is 59.1 Å². The second kappa shape index (κ2) is 4.70. The summed E-state index contributed by atoms with van der Waals surface area (Å²) in [6, 6.07) is 0. The Balaban J connectivity index is 1.88. The maximum Gasteiger partial charge on any atom is 0.226 e. The molecule has 0 bridgehead atoms. The fourth-order valence-electron chi connectivity index (χ4n) is 3.67. The Morgan fingerprint density at radius 1 is 1.10 bits per heavy atom. The van der Waals surface area contributed by atoms with Gasteiger partial charge in [-0.05, 0) is 24.7 Å². The van der Waals surface area contributed by atoms with Crippen LogP contribution in [0.1, 0.15) is 41.5 Å². The summed E-state index contributed by atoms with van der Waals surface area (Å²) in [4.78, 5) is 16.9. The van der Waals surface area contributed by atoms with Gasteiger partial charge in [-0.3, -0.25) is 9.69 Å². The molecule has 2 aliphatic rings. The lowest BCUT2D eigenvalue weighted by atomic mass is 10.0. The van der Waals surface area contributed by atoms with Crippen LogP contribution in [0.4, 0.5) is 0 Å². The predicted molar refractivity (Wildman–Crippen MR) is 80.4 cm³/mol. The van der Waals surface area contributed by atoms with Crippen LogP contribution >= 0.6 is 0 Å². The highest BCUT2D eigenvalue weighted by molar-refractivity contribution is 5.84. The van der Waals surface area contributed by atoms with E-state index in [2.05, 4.69) is 32.6 Å². The summed E-state index contributed by atoms with van der Waals surface area (Å²) in [5.74, 6) is 0.485. The number of carbonyl (C=O) groups excluding carboxylic acids is 1. The first-order valence-corrected chi connectivity index (χ1v) is 7.70. The second-order valence-electron chi connectivity index (χ2n) is 8.29. The van der Waals surface area contributed by atoms with Crippen LogP contribution in [0.3, 0.4) is 0 Å². The standard InChI is InChI=1S/C16H30N2O2/c1-14(2,20)11-17-7-9-18(10-8-17)13(19)12-15(3,4)16(12,5)6/h12,20H,7-11H2,1-6H3. The summed E-state index contributed by atoms with van der Waals surface area (Å²) < 4.78 is 0. The van der Waals surface area contributed by atoms with Gasteiger partial charge in [0, 0.05) is 38.6 Å². The second-order valence-corrected chi connectivity index (χ2v) is 8.29. The molecule has 4 heteroatoms. The van der Waals surface area contributed by atoms with E-state index in [0.29, 0.717) is 12.5 Å². The molecule has 1 saturated carbocycles. The summed E-state index contributed by atoms with van der Waals surface area (Å²) in [6.45, 7) is 16.4. The molecule has 0 radical (unpaired) electrons. The molecule has 1 heterocycles. The van der Waals surface area contributed by atoms with E-state index in [9.17, 15) is 9.90 Å². The van der Waals surface area contributed by atoms with E-state index in [1.807, 2.05) is 18.7 Å².